The lowest BCUT2D eigenvalue weighted by Gasteiger charge is -2.22. The number of guanidine groups is 1. The van der Waals surface area contributed by atoms with E-state index < -0.39 is 0 Å². The third-order valence-corrected chi connectivity index (χ3v) is 5.98. The molecule has 0 saturated carbocycles. The molecular formula is C22H31IN6OS. The Labute approximate surface area is 205 Å². The number of rotatable bonds is 7. The molecule has 0 radical (unpaired) electrons. The van der Waals surface area contributed by atoms with Crippen LogP contribution in [0, 0.1) is 0 Å². The molecule has 31 heavy (non-hydrogen) atoms. The third kappa shape index (κ3) is 6.27. The number of nitrogens with zero attached hydrogens (tertiary/aromatic N) is 5. The first kappa shape index (κ1) is 25.3. The van der Waals surface area contributed by atoms with E-state index in [1.807, 2.05) is 51.2 Å². The monoisotopic (exact) mass is 554 g/mol. The fourth-order valence-electron chi connectivity index (χ4n) is 3.17. The lowest BCUT2D eigenvalue weighted by atomic mass is 10.1. The molecule has 0 fully saturated rings. The smallest absolute Gasteiger partial charge is 0.194 e. The van der Waals surface area contributed by atoms with Crippen molar-refractivity contribution in [1.82, 2.24) is 20.2 Å². The van der Waals surface area contributed by atoms with Gasteiger partial charge in [-0.25, -0.2) is 9.97 Å². The number of hydrogen-bond donors (Lipinski definition) is 1. The van der Waals surface area contributed by atoms with Gasteiger partial charge in [-0.05, 0) is 24.6 Å². The number of ether oxygens (including phenoxy) is 1. The predicted octanol–water partition coefficient (Wildman–Crippen LogP) is 4.29. The van der Waals surface area contributed by atoms with E-state index in [-0.39, 0.29) is 30.1 Å². The molecule has 2 heterocycles. The van der Waals surface area contributed by atoms with Crippen LogP contribution in [0.2, 0.25) is 0 Å². The highest BCUT2D eigenvalue weighted by Crippen LogP contribution is 2.23. The van der Waals surface area contributed by atoms with Gasteiger partial charge >= 0.3 is 0 Å². The van der Waals surface area contributed by atoms with Crippen LogP contribution < -0.4 is 10.2 Å². The molecule has 3 aromatic rings. The summed E-state index contributed by atoms with van der Waals surface area (Å²) in [6, 6.07) is 10.4. The molecule has 3 rings (SSSR count). The zero-order valence-corrected chi connectivity index (χ0v) is 22.1. The average Bonchev–Trinajstić information content (AvgIpc) is 3.21. The first-order valence-electron chi connectivity index (χ1n) is 9.87. The molecule has 1 aromatic carbocycles. The van der Waals surface area contributed by atoms with Gasteiger partial charge in [0.25, 0.3) is 0 Å². The molecule has 0 spiro atoms. The van der Waals surface area contributed by atoms with Crippen LogP contribution in [0.3, 0.4) is 0 Å². The Hall–Kier alpha value is -1.98. The van der Waals surface area contributed by atoms with Crippen LogP contribution in [0.15, 0.2) is 40.7 Å². The Morgan fingerprint density at radius 2 is 1.97 bits per heavy atom. The van der Waals surface area contributed by atoms with Crippen molar-refractivity contribution in [2.75, 3.05) is 40.2 Å². The Balaban J connectivity index is 0.00000341. The van der Waals surface area contributed by atoms with Gasteiger partial charge in [0.2, 0.25) is 0 Å². The maximum atomic E-state index is 5.36. The molecule has 0 aliphatic rings. The topological polar surface area (TPSA) is 65.9 Å². The van der Waals surface area contributed by atoms with Crippen molar-refractivity contribution < 1.29 is 4.74 Å². The molecule has 1 atom stereocenters. The van der Waals surface area contributed by atoms with Gasteiger partial charge in [0.1, 0.15) is 16.9 Å². The summed E-state index contributed by atoms with van der Waals surface area (Å²) < 4.78 is 5.36. The van der Waals surface area contributed by atoms with Crippen LogP contribution in [0.4, 0.5) is 5.82 Å². The van der Waals surface area contributed by atoms with E-state index in [2.05, 4.69) is 37.7 Å². The van der Waals surface area contributed by atoms with Gasteiger partial charge in [0.15, 0.2) is 5.96 Å². The number of nitrogens with one attached hydrogen (secondary N) is 1. The summed E-state index contributed by atoms with van der Waals surface area (Å²) >= 11 is 1.62. The summed E-state index contributed by atoms with van der Waals surface area (Å²) in [7, 11) is 9.54. The number of methoxy groups -OCH3 is 1. The Morgan fingerprint density at radius 1 is 1.23 bits per heavy atom. The van der Waals surface area contributed by atoms with Crippen LogP contribution in [0.5, 0.6) is 0 Å². The second-order valence-corrected chi connectivity index (χ2v) is 8.25. The molecule has 9 heteroatoms. The lowest BCUT2D eigenvalue weighted by Crippen LogP contribution is -2.38. The number of aromatic nitrogens is 2. The molecule has 1 N–H and O–H groups in total. The normalized spacial score (nSPS) is 12.4. The Morgan fingerprint density at radius 3 is 2.65 bits per heavy atom. The summed E-state index contributed by atoms with van der Waals surface area (Å²) in [5.41, 5.74) is 3.18. The van der Waals surface area contributed by atoms with Crippen molar-refractivity contribution in [2.45, 2.75) is 26.1 Å². The Bertz CT molecular complexity index is 1020. The molecule has 0 aliphatic heterocycles. The highest BCUT2D eigenvalue weighted by Gasteiger charge is 2.14. The zero-order valence-electron chi connectivity index (χ0n) is 18.9. The number of pyridine rings is 1. The molecule has 2 aromatic heterocycles. The number of halogens is 1. The minimum atomic E-state index is 0. The summed E-state index contributed by atoms with van der Waals surface area (Å²) in [6.45, 7) is 3.34. The summed E-state index contributed by atoms with van der Waals surface area (Å²) in [4.78, 5) is 18.0. The second-order valence-electron chi connectivity index (χ2n) is 7.36. The SMILES string of the molecule is CN=C(NCc1cc(N(C)C)nc2ccccc12)N(C)Cc1csc(C(C)OC)n1.I. The van der Waals surface area contributed by atoms with Gasteiger partial charge in [-0.15, -0.1) is 35.3 Å². The summed E-state index contributed by atoms with van der Waals surface area (Å²) in [6.07, 6.45) is 0.0114. The number of anilines is 1. The number of benzene rings is 1. The highest BCUT2D eigenvalue weighted by atomic mass is 127. The molecule has 168 valence electrons. The molecule has 0 bridgehead atoms. The van der Waals surface area contributed by atoms with Crippen molar-refractivity contribution in [3.8, 4) is 0 Å². The third-order valence-electron chi connectivity index (χ3n) is 4.93. The predicted molar refractivity (Wildman–Crippen MR) is 141 cm³/mol. The number of hydrogen-bond acceptors (Lipinski definition) is 6. The van der Waals surface area contributed by atoms with Gasteiger partial charge in [0, 0.05) is 52.6 Å². The van der Waals surface area contributed by atoms with Crippen molar-refractivity contribution in [2.24, 2.45) is 4.99 Å². The number of para-hydroxylation sites is 1. The van der Waals surface area contributed by atoms with Crippen LogP contribution in [0.1, 0.15) is 29.3 Å². The summed E-state index contributed by atoms with van der Waals surface area (Å²) in [5, 5.41) is 7.70. The van der Waals surface area contributed by atoms with Crippen LogP contribution in [-0.4, -0.2) is 56.1 Å². The van der Waals surface area contributed by atoms with Crippen molar-refractivity contribution >= 4 is 58.0 Å². The van der Waals surface area contributed by atoms with Crippen LogP contribution >= 0.6 is 35.3 Å². The minimum absolute atomic E-state index is 0. The maximum absolute atomic E-state index is 5.36. The zero-order chi connectivity index (χ0) is 21.7. The number of aliphatic imine (C=N–C) groups is 1. The van der Waals surface area contributed by atoms with E-state index in [1.54, 1.807) is 25.5 Å². The van der Waals surface area contributed by atoms with Gasteiger partial charge < -0.3 is 19.9 Å². The van der Waals surface area contributed by atoms with Gasteiger partial charge in [-0.2, -0.15) is 0 Å². The van der Waals surface area contributed by atoms with Gasteiger partial charge in [0.05, 0.1) is 17.8 Å². The van der Waals surface area contributed by atoms with E-state index in [4.69, 9.17) is 9.72 Å². The second kappa shape index (κ2) is 11.6. The standard InChI is InChI=1S/C22H30N6OS.HI/c1-15(29-6)21-25-17(14-30-21)13-28(5)22(23-2)24-12-16-11-20(27(3)4)26-19-10-8-7-9-18(16)19;/h7-11,14-15H,12-13H2,1-6H3,(H,23,24);1H. The molecular weight excluding hydrogens is 523 g/mol. The number of fused-ring (bicyclic) bond motifs is 1. The lowest BCUT2D eigenvalue weighted by molar-refractivity contribution is 0.119. The first-order chi connectivity index (χ1) is 14.4. The Kier molecular flexibility index (Phi) is 9.45. The van der Waals surface area contributed by atoms with Crippen LogP contribution in [0.25, 0.3) is 10.9 Å². The molecule has 1 unspecified atom stereocenters. The summed E-state index contributed by atoms with van der Waals surface area (Å²) in [5.74, 6) is 1.76. The first-order valence-corrected chi connectivity index (χ1v) is 10.8. The molecule has 0 saturated heterocycles. The maximum Gasteiger partial charge on any atom is 0.194 e. The minimum Gasteiger partial charge on any atom is -0.375 e. The number of thiazole rings is 1. The fourth-order valence-corrected chi connectivity index (χ4v) is 4.01. The van der Waals surface area contributed by atoms with E-state index in [9.17, 15) is 0 Å². The van der Waals surface area contributed by atoms with E-state index >= 15 is 0 Å². The fraction of sp³-hybridized carbons (Fsp3) is 0.409. The molecule has 0 amide bonds. The highest BCUT2D eigenvalue weighted by molar-refractivity contribution is 14.0. The van der Waals surface area contributed by atoms with E-state index in [1.165, 1.54) is 5.56 Å². The van der Waals surface area contributed by atoms with Crippen molar-refractivity contribution in [1.29, 1.82) is 0 Å². The van der Waals surface area contributed by atoms with E-state index in [0.29, 0.717) is 13.1 Å². The molecule has 7 nitrogen and oxygen atoms in total. The van der Waals surface area contributed by atoms with E-state index in [0.717, 1.165) is 33.4 Å². The van der Waals surface area contributed by atoms with Crippen molar-refractivity contribution in [3.05, 3.63) is 52.0 Å². The quantitative estimate of drug-likeness (QED) is 0.267. The van der Waals surface area contributed by atoms with Crippen molar-refractivity contribution in [3.63, 3.8) is 0 Å². The van der Waals surface area contributed by atoms with Crippen LogP contribution in [-0.2, 0) is 17.8 Å². The van der Waals surface area contributed by atoms with Gasteiger partial charge in [-0.3, -0.25) is 4.99 Å². The molecule has 0 aliphatic carbocycles. The average molecular weight is 555 g/mol. The van der Waals surface area contributed by atoms with Gasteiger partial charge in [-0.1, -0.05) is 18.2 Å². The largest absolute Gasteiger partial charge is 0.375 e.